The topological polar surface area (TPSA) is 48.5 Å². The van der Waals surface area contributed by atoms with Crippen LogP contribution in [0.2, 0.25) is 0 Å². The monoisotopic (exact) mass is 422 g/mol. The molecular weight excluding hydrogens is 400 g/mol. The number of rotatable bonds is 6. The molecule has 1 saturated heterocycles. The maximum absolute atomic E-state index is 10.9. The standard InChI is InChI=1S/C18H23BrN4OS/c1-14(24)20-7-6-15-2-4-16(5-3-15)13-22-8-10-23(11-9-22)18-21-12-17(19)25-18/h2-5,12H,6-11,13H2,1H3,(H,20,24). The zero-order valence-electron chi connectivity index (χ0n) is 14.4. The van der Waals surface area contributed by atoms with Crippen molar-refractivity contribution in [3.05, 3.63) is 45.4 Å². The van der Waals surface area contributed by atoms with Gasteiger partial charge < -0.3 is 10.2 Å². The van der Waals surface area contributed by atoms with E-state index >= 15 is 0 Å². The van der Waals surface area contributed by atoms with E-state index in [1.807, 2.05) is 6.20 Å². The lowest BCUT2D eigenvalue weighted by Gasteiger charge is -2.34. The Kier molecular flexibility index (Phi) is 6.45. The van der Waals surface area contributed by atoms with E-state index < -0.39 is 0 Å². The number of aromatic nitrogens is 1. The number of thiazole rings is 1. The Morgan fingerprint density at radius 2 is 1.88 bits per heavy atom. The molecule has 0 bridgehead atoms. The molecule has 1 aliphatic rings. The molecule has 1 N–H and O–H groups in total. The fourth-order valence-electron chi connectivity index (χ4n) is 2.94. The molecule has 7 heteroatoms. The summed E-state index contributed by atoms with van der Waals surface area (Å²) >= 11 is 5.18. The van der Waals surface area contributed by atoms with Gasteiger partial charge in [-0.3, -0.25) is 9.69 Å². The third-order valence-corrected chi connectivity index (χ3v) is 5.86. The van der Waals surface area contributed by atoms with Crippen LogP contribution in [0.15, 0.2) is 34.2 Å². The lowest BCUT2D eigenvalue weighted by molar-refractivity contribution is -0.118. The molecule has 3 rings (SSSR count). The molecule has 1 aromatic carbocycles. The number of hydrogen-bond donors (Lipinski definition) is 1. The van der Waals surface area contributed by atoms with Gasteiger partial charge in [-0.2, -0.15) is 0 Å². The fraction of sp³-hybridized carbons (Fsp3) is 0.444. The SMILES string of the molecule is CC(=O)NCCc1ccc(CN2CCN(c3ncc(Br)s3)CC2)cc1. The van der Waals surface area contributed by atoms with E-state index in [0.717, 1.165) is 48.1 Å². The zero-order chi connectivity index (χ0) is 17.6. The van der Waals surface area contributed by atoms with Gasteiger partial charge in [0.05, 0.1) is 9.98 Å². The van der Waals surface area contributed by atoms with Gasteiger partial charge in [-0.05, 0) is 33.5 Å². The van der Waals surface area contributed by atoms with Crippen LogP contribution in [-0.4, -0.2) is 48.5 Å². The molecule has 5 nitrogen and oxygen atoms in total. The van der Waals surface area contributed by atoms with Gasteiger partial charge in [0.15, 0.2) is 5.13 Å². The van der Waals surface area contributed by atoms with Gasteiger partial charge >= 0.3 is 0 Å². The van der Waals surface area contributed by atoms with E-state index in [9.17, 15) is 4.79 Å². The van der Waals surface area contributed by atoms with Crippen molar-refractivity contribution >= 4 is 38.3 Å². The molecule has 0 saturated carbocycles. The van der Waals surface area contributed by atoms with Crippen molar-refractivity contribution in [1.82, 2.24) is 15.2 Å². The zero-order valence-corrected chi connectivity index (χ0v) is 16.8. The quantitative estimate of drug-likeness (QED) is 0.777. The Hall–Kier alpha value is -1.44. The van der Waals surface area contributed by atoms with Gasteiger partial charge in [-0.25, -0.2) is 4.98 Å². The summed E-state index contributed by atoms with van der Waals surface area (Å²) < 4.78 is 1.09. The van der Waals surface area contributed by atoms with E-state index in [4.69, 9.17) is 0 Å². The molecule has 2 heterocycles. The number of amides is 1. The maximum atomic E-state index is 10.9. The molecule has 1 aliphatic heterocycles. The number of anilines is 1. The Labute approximate surface area is 161 Å². The van der Waals surface area contributed by atoms with Crippen molar-refractivity contribution in [3.63, 3.8) is 0 Å². The minimum absolute atomic E-state index is 0.0286. The first-order valence-corrected chi connectivity index (χ1v) is 10.1. The molecule has 0 spiro atoms. The summed E-state index contributed by atoms with van der Waals surface area (Å²) in [4.78, 5) is 20.2. The number of benzene rings is 1. The third kappa shape index (κ3) is 5.52. The van der Waals surface area contributed by atoms with Crippen LogP contribution in [0.5, 0.6) is 0 Å². The maximum Gasteiger partial charge on any atom is 0.216 e. The summed E-state index contributed by atoms with van der Waals surface area (Å²) in [6, 6.07) is 8.74. The highest BCUT2D eigenvalue weighted by Gasteiger charge is 2.19. The highest BCUT2D eigenvalue weighted by Crippen LogP contribution is 2.27. The van der Waals surface area contributed by atoms with Crippen molar-refractivity contribution in [1.29, 1.82) is 0 Å². The predicted octanol–water partition coefficient (Wildman–Crippen LogP) is 2.91. The van der Waals surface area contributed by atoms with Crippen LogP contribution in [0.1, 0.15) is 18.1 Å². The first kappa shape index (κ1) is 18.4. The highest BCUT2D eigenvalue weighted by molar-refractivity contribution is 9.11. The van der Waals surface area contributed by atoms with Crippen LogP contribution in [0, 0.1) is 0 Å². The lowest BCUT2D eigenvalue weighted by Crippen LogP contribution is -2.45. The van der Waals surface area contributed by atoms with Crippen molar-refractivity contribution in [2.45, 2.75) is 19.9 Å². The molecule has 0 radical (unpaired) electrons. The molecule has 2 aromatic rings. The summed E-state index contributed by atoms with van der Waals surface area (Å²) in [5, 5.41) is 3.94. The number of halogens is 1. The van der Waals surface area contributed by atoms with Crippen LogP contribution in [-0.2, 0) is 17.8 Å². The second kappa shape index (κ2) is 8.78. The summed E-state index contributed by atoms with van der Waals surface area (Å²) in [6.45, 7) is 7.40. The van der Waals surface area contributed by atoms with Gasteiger partial charge in [0, 0.05) is 46.2 Å². The van der Waals surface area contributed by atoms with Crippen molar-refractivity contribution in [2.75, 3.05) is 37.6 Å². The summed E-state index contributed by atoms with van der Waals surface area (Å²) in [5.41, 5.74) is 2.60. The minimum atomic E-state index is 0.0286. The first-order valence-electron chi connectivity index (χ1n) is 8.51. The summed E-state index contributed by atoms with van der Waals surface area (Å²) in [6.07, 6.45) is 2.75. The second-order valence-corrected chi connectivity index (χ2v) is 8.65. The normalized spacial score (nSPS) is 15.4. The van der Waals surface area contributed by atoms with Gasteiger partial charge in [-0.15, -0.1) is 0 Å². The van der Waals surface area contributed by atoms with Crippen molar-refractivity contribution in [2.24, 2.45) is 0 Å². The van der Waals surface area contributed by atoms with Gasteiger partial charge in [-0.1, -0.05) is 35.6 Å². The largest absolute Gasteiger partial charge is 0.356 e. The van der Waals surface area contributed by atoms with Crippen molar-refractivity contribution in [3.8, 4) is 0 Å². The molecule has 134 valence electrons. The predicted molar refractivity (Wildman–Crippen MR) is 106 cm³/mol. The molecule has 25 heavy (non-hydrogen) atoms. The van der Waals surface area contributed by atoms with Crippen LogP contribution in [0.25, 0.3) is 0 Å². The van der Waals surface area contributed by atoms with Crippen LogP contribution < -0.4 is 10.2 Å². The molecule has 0 aliphatic carbocycles. The third-order valence-electron chi connectivity index (χ3n) is 4.32. The van der Waals surface area contributed by atoms with Crippen molar-refractivity contribution < 1.29 is 4.79 Å². The van der Waals surface area contributed by atoms with Gasteiger partial charge in [0.1, 0.15) is 0 Å². The fourth-order valence-corrected chi connectivity index (χ4v) is 4.18. The smallest absolute Gasteiger partial charge is 0.216 e. The second-order valence-electron chi connectivity index (χ2n) is 6.26. The van der Waals surface area contributed by atoms with E-state index in [1.54, 1.807) is 18.3 Å². The molecule has 1 amide bonds. The van der Waals surface area contributed by atoms with E-state index in [0.29, 0.717) is 6.54 Å². The van der Waals surface area contributed by atoms with Gasteiger partial charge in [0.2, 0.25) is 5.91 Å². The molecule has 0 unspecified atom stereocenters. The molecule has 1 fully saturated rings. The van der Waals surface area contributed by atoms with E-state index in [-0.39, 0.29) is 5.91 Å². The average molecular weight is 423 g/mol. The van der Waals surface area contributed by atoms with E-state index in [1.165, 1.54) is 11.1 Å². The number of carbonyl (C=O) groups is 1. The lowest BCUT2D eigenvalue weighted by atomic mass is 10.1. The van der Waals surface area contributed by atoms with Crippen LogP contribution in [0.4, 0.5) is 5.13 Å². The Bertz CT molecular complexity index is 695. The number of hydrogen-bond acceptors (Lipinski definition) is 5. The average Bonchev–Trinajstić information content (AvgIpc) is 3.03. The van der Waals surface area contributed by atoms with Crippen LogP contribution >= 0.6 is 27.3 Å². The number of carbonyl (C=O) groups excluding carboxylic acids is 1. The highest BCUT2D eigenvalue weighted by atomic mass is 79.9. The first-order chi connectivity index (χ1) is 12.1. The van der Waals surface area contributed by atoms with Gasteiger partial charge in [0.25, 0.3) is 0 Å². The molecular formula is C18H23BrN4OS. The molecule has 0 atom stereocenters. The Morgan fingerprint density at radius 3 is 2.48 bits per heavy atom. The number of nitrogens with zero attached hydrogens (tertiary/aromatic N) is 3. The number of nitrogens with one attached hydrogen (secondary N) is 1. The number of piperazine rings is 1. The minimum Gasteiger partial charge on any atom is -0.356 e. The summed E-state index contributed by atoms with van der Waals surface area (Å²) in [5.74, 6) is 0.0286. The van der Waals surface area contributed by atoms with E-state index in [2.05, 4.69) is 60.3 Å². The van der Waals surface area contributed by atoms with Crippen LogP contribution in [0.3, 0.4) is 0 Å². The molecule has 1 aromatic heterocycles. The summed E-state index contributed by atoms with van der Waals surface area (Å²) in [7, 11) is 0. The Balaban J connectivity index is 1.44. The Morgan fingerprint density at radius 1 is 1.20 bits per heavy atom.